The molecule has 0 fully saturated rings. The summed E-state index contributed by atoms with van der Waals surface area (Å²) in [5, 5.41) is 5.78. The fourth-order valence-corrected chi connectivity index (χ4v) is 2.80. The molecule has 124 valence electrons. The predicted octanol–water partition coefficient (Wildman–Crippen LogP) is 2.90. The second kappa shape index (κ2) is 7.61. The third-order valence-electron chi connectivity index (χ3n) is 3.42. The molecule has 0 saturated heterocycles. The number of aromatic nitrogens is 1. The Morgan fingerprint density at radius 3 is 2.78 bits per heavy atom. The van der Waals surface area contributed by atoms with Gasteiger partial charge in [-0.1, -0.05) is 6.07 Å². The van der Waals surface area contributed by atoms with Gasteiger partial charge in [-0.15, -0.1) is 11.3 Å². The van der Waals surface area contributed by atoms with E-state index < -0.39 is 11.6 Å². The van der Waals surface area contributed by atoms with Gasteiger partial charge in [0.05, 0.1) is 12.1 Å². The third kappa shape index (κ3) is 4.80. The summed E-state index contributed by atoms with van der Waals surface area (Å²) in [6, 6.07) is 3.28. The van der Waals surface area contributed by atoms with Crippen molar-refractivity contribution in [1.29, 1.82) is 0 Å². The maximum atomic E-state index is 13.7. The number of halogens is 2. The molecule has 0 spiro atoms. The summed E-state index contributed by atoms with van der Waals surface area (Å²) in [5.74, 6) is -1.16. The smallest absolute Gasteiger partial charge is 0.228 e. The van der Waals surface area contributed by atoms with Crippen LogP contribution in [0.15, 0.2) is 23.6 Å². The van der Waals surface area contributed by atoms with Crippen LogP contribution < -0.4 is 5.32 Å². The highest BCUT2D eigenvalue weighted by Gasteiger charge is 2.13. The summed E-state index contributed by atoms with van der Waals surface area (Å²) in [5.41, 5.74) is 1.20. The number of likely N-dealkylation sites (N-methyl/N-ethyl adjacent to an activating group) is 1. The maximum Gasteiger partial charge on any atom is 0.228 e. The van der Waals surface area contributed by atoms with Crippen LogP contribution in [-0.4, -0.2) is 29.9 Å². The molecule has 0 radical (unpaired) electrons. The Labute approximate surface area is 138 Å². The van der Waals surface area contributed by atoms with Gasteiger partial charge in [-0.3, -0.25) is 4.79 Å². The van der Waals surface area contributed by atoms with E-state index in [4.69, 9.17) is 0 Å². The number of carbonyl (C=O) groups excluding carboxylic acids is 1. The van der Waals surface area contributed by atoms with E-state index in [1.165, 1.54) is 28.4 Å². The van der Waals surface area contributed by atoms with Gasteiger partial charge in [-0.05, 0) is 13.0 Å². The van der Waals surface area contributed by atoms with Crippen LogP contribution >= 0.6 is 11.3 Å². The lowest BCUT2D eigenvalue weighted by atomic mass is 10.1. The summed E-state index contributed by atoms with van der Waals surface area (Å²) >= 11 is 1.43. The van der Waals surface area contributed by atoms with Crippen LogP contribution in [-0.2, 0) is 17.8 Å². The second-order valence-electron chi connectivity index (χ2n) is 5.47. The normalized spacial score (nSPS) is 12.2. The second-order valence-corrected chi connectivity index (χ2v) is 6.41. The molecule has 0 aliphatic carbocycles. The first-order valence-corrected chi connectivity index (χ1v) is 8.06. The van der Waals surface area contributed by atoms with Crippen LogP contribution in [0.5, 0.6) is 0 Å². The van der Waals surface area contributed by atoms with Crippen LogP contribution in [0.25, 0.3) is 0 Å². The first-order chi connectivity index (χ1) is 10.9. The number of benzene rings is 1. The number of rotatable bonds is 6. The summed E-state index contributed by atoms with van der Waals surface area (Å²) in [7, 11) is 3.41. The lowest BCUT2D eigenvalue weighted by Crippen LogP contribution is -2.23. The quantitative estimate of drug-likeness (QED) is 0.880. The first kappa shape index (κ1) is 17.5. The fourth-order valence-electron chi connectivity index (χ4n) is 2.02. The molecule has 1 heterocycles. The van der Waals surface area contributed by atoms with E-state index in [1.54, 1.807) is 21.0 Å². The van der Waals surface area contributed by atoms with Gasteiger partial charge in [-0.2, -0.15) is 0 Å². The zero-order chi connectivity index (χ0) is 17.0. The lowest BCUT2D eigenvalue weighted by Gasteiger charge is -2.14. The number of carbonyl (C=O) groups is 1. The van der Waals surface area contributed by atoms with Gasteiger partial charge >= 0.3 is 0 Å². The largest absolute Gasteiger partial charge is 0.348 e. The molecule has 1 aromatic carbocycles. The number of nitrogens with one attached hydrogen (secondary N) is 1. The van der Waals surface area contributed by atoms with Crippen molar-refractivity contribution in [3.05, 3.63) is 51.5 Å². The SMILES string of the molecule is CC(NCc1csc(CC(=O)N(C)C)n1)c1ccc(F)cc1F. The highest BCUT2D eigenvalue weighted by Crippen LogP contribution is 2.19. The summed E-state index contributed by atoms with van der Waals surface area (Å²) in [4.78, 5) is 17.6. The molecule has 0 aliphatic rings. The Morgan fingerprint density at radius 1 is 1.39 bits per heavy atom. The molecule has 4 nitrogen and oxygen atoms in total. The maximum absolute atomic E-state index is 13.7. The van der Waals surface area contributed by atoms with Crippen molar-refractivity contribution in [2.45, 2.75) is 25.9 Å². The molecule has 1 N–H and O–H groups in total. The van der Waals surface area contributed by atoms with Gasteiger partial charge in [0.15, 0.2) is 0 Å². The fraction of sp³-hybridized carbons (Fsp3) is 0.375. The van der Waals surface area contributed by atoms with E-state index in [0.717, 1.165) is 16.8 Å². The Bertz CT molecular complexity index is 688. The molecular formula is C16H19F2N3OS. The van der Waals surface area contributed by atoms with Crippen LogP contribution in [0.2, 0.25) is 0 Å². The first-order valence-electron chi connectivity index (χ1n) is 7.18. The highest BCUT2D eigenvalue weighted by molar-refractivity contribution is 7.09. The minimum Gasteiger partial charge on any atom is -0.348 e. The molecular weight excluding hydrogens is 320 g/mol. The standard InChI is InChI=1S/C16H19F2N3OS/c1-10(13-5-4-11(17)6-14(13)18)19-8-12-9-23-15(20-12)7-16(22)21(2)3/h4-6,9-10,19H,7-8H2,1-3H3. The van der Waals surface area contributed by atoms with Crippen molar-refractivity contribution >= 4 is 17.2 Å². The van der Waals surface area contributed by atoms with E-state index in [2.05, 4.69) is 10.3 Å². The van der Waals surface area contributed by atoms with Crippen molar-refractivity contribution in [2.24, 2.45) is 0 Å². The van der Waals surface area contributed by atoms with Gasteiger partial charge < -0.3 is 10.2 Å². The monoisotopic (exact) mass is 339 g/mol. The molecule has 7 heteroatoms. The number of amides is 1. The van der Waals surface area contributed by atoms with Crippen molar-refractivity contribution in [1.82, 2.24) is 15.2 Å². The predicted molar refractivity (Wildman–Crippen MR) is 86.1 cm³/mol. The molecule has 2 rings (SSSR count). The summed E-state index contributed by atoms with van der Waals surface area (Å²) < 4.78 is 26.6. The number of nitrogens with zero attached hydrogens (tertiary/aromatic N) is 2. The molecule has 2 aromatic rings. The van der Waals surface area contributed by atoms with Gasteiger partial charge in [0.2, 0.25) is 5.91 Å². The molecule has 1 amide bonds. The summed E-state index contributed by atoms with van der Waals surface area (Å²) in [6.07, 6.45) is 0.278. The van der Waals surface area contributed by atoms with Crippen LogP contribution in [0.1, 0.15) is 29.2 Å². The molecule has 1 unspecified atom stereocenters. The minimum absolute atomic E-state index is 0.000565. The third-order valence-corrected chi connectivity index (χ3v) is 4.32. The van der Waals surface area contributed by atoms with Gasteiger partial charge in [0, 0.05) is 43.7 Å². The van der Waals surface area contributed by atoms with E-state index >= 15 is 0 Å². The van der Waals surface area contributed by atoms with Crippen LogP contribution in [0.3, 0.4) is 0 Å². The molecule has 0 bridgehead atoms. The average molecular weight is 339 g/mol. The van der Waals surface area contributed by atoms with Crippen molar-refractivity contribution in [3.63, 3.8) is 0 Å². The lowest BCUT2D eigenvalue weighted by molar-refractivity contribution is -0.127. The average Bonchev–Trinajstić information content (AvgIpc) is 2.92. The summed E-state index contributed by atoms with van der Waals surface area (Å²) in [6.45, 7) is 2.25. The van der Waals surface area contributed by atoms with E-state index in [0.29, 0.717) is 12.1 Å². The highest BCUT2D eigenvalue weighted by atomic mass is 32.1. The topological polar surface area (TPSA) is 45.2 Å². The van der Waals surface area contributed by atoms with Crippen molar-refractivity contribution in [3.8, 4) is 0 Å². The minimum atomic E-state index is -0.590. The van der Waals surface area contributed by atoms with E-state index in [-0.39, 0.29) is 18.4 Å². The number of thiazole rings is 1. The van der Waals surface area contributed by atoms with E-state index in [1.807, 2.05) is 5.38 Å². The van der Waals surface area contributed by atoms with Crippen molar-refractivity contribution < 1.29 is 13.6 Å². The van der Waals surface area contributed by atoms with Gasteiger partial charge in [0.1, 0.15) is 16.6 Å². The van der Waals surface area contributed by atoms with Crippen LogP contribution in [0.4, 0.5) is 8.78 Å². The van der Waals surface area contributed by atoms with Gasteiger partial charge in [0.25, 0.3) is 0 Å². The Balaban J connectivity index is 1.93. The van der Waals surface area contributed by atoms with Crippen LogP contribution in [0, 0.1) is 11.6 Å². The van der Waals surface area contributed by atoms with Crippen molar-refractivity contribution in [2.75, 3.05) is 14.1 Å². The number of hydrogen-bond acceptors (Lipinski definition) is 4. The Hall–Kier alpha value is -1.86. The molecule has 0 saturated carbocycles. The molecule has 1 aromatic heterocycles. The van der Waals surface area contributed by atoms with Gasteiger partial charge in [-0.25, -0.2) is 13.8 Å². The number of hydrogen-bond donors (Lipinski definition) is 1. The Morgan fingerprint density at radius 2 is 2.13 bits per heavy atom. The molecule has 23 heavy (non-hydrogen) atoms. The Kier molecular flexibility index (Phi) is 5.79. The molecule has 1 atom stereocenters. The van der Waals surface area contributed by atoms with E-state index in [9.17, 15) is 13.6 Å². The zero-order valence-electron chi connectivity index (χ0n) is 13.3. The molecule has 0 aliphatic heterocycles. The zero-order valence-corrected chi connectivity index (χ0v) is 14.1.